The monoisotopic (exact) mass is 762 g/mol. The molecule has 0 amide bonds. The smallest absolute Gasteiger partial charge is 0.200 e. The molecule has 0 unspecified atom stereocenters. The van der Waals surface area contributed by atoms with Gasteiger partial charge in [-0.05, 0) is 42.0 Å². The van der Waals surface area contributed by atoms with Gasteiger partial charge in [-0.1, -0.05) is 176 Å². The normalized spacial score (nSPS) is 11.4. The molecular weight excluding hydrogens is 725 g/mol. The van der Waals surface area contributed by atoms with E-state index in [0.717, 1.165) is 6.16 Å². The van der Waals surface area contributed by atoms with Crippen LogP contribution >= 0.6 is 7.26 Å². The van der Waals surface area contributed by atoms with Gasteiger partial charge in [0, 0.05) is 0 Å². The lowest BCUT2D eigenvalue weighted by atomic mass is 9.13. The Labute approximate surface area is 325 Å². The van der Waals surface area contributed by atoms with Crippen molar-refractivity contribution in [3.05, 3.63) is 247 Å². The van der Waals surface area contributed by atoms with Crippen LogP contribution in [0.3, 0.4) is 0 Å². The molecule has 0 atom stereocenters. The summed E-state index contributed by atoms with van der Waals surface area (Å²) in [7, 11) is -1.78. The van der Waals surface area contributed by atoms with Crippen molar-refractivity contribution >= 4 is 51.2 Å². The first-order valence-electron chi connectivity index (χ1n) is 18.3. The van der Waals surface area contributed by atoms with E-state index in [-0.39, 0.29) is 0 Å². The van der Waals surface area contributed by atoms with Gasteiger partial charge in [0.15, 0.2) is 17.5 Å². The van der Waals surface area contributed by atoms with Crippen LogP contribution in [0, 0.1) is 29.1 Å². The summed E-state index contributed by atoms with van der Waals surface area (Å²) in [6.45, 7) is 0. The third-order valence-electron chi connectivity index (χ3n) is 10.4. The summed E-state index contributed by atoms with van der Waals surface area (Å²) >= 11 is 0. The van der Waals surface area contributed by atoms with Gasteiger partial charge in [-0.15, -0.1) is 5.46 Å². The predicted molar refractivity (Wildman–Crippen MR) is 225 cm³/mol. The van der Waals surface area contributed by atoms with Crippen molar-refractivity contribution in [2.24, 2.45) is 0 Å². The standard InChI is InChI=1S/C25H22P.C24H15BF5/c1-5-13-22(14-6-1)21-26(23-15-7-2-8-16-23,24-17-9-3-10-18-24)25-19-11-4-12-20-25;26-20-19(21(27)23(29)24(30)22(20)28)25(16-10-4-1-5-11-16,17-12-6-2-7-13-17)18-14-8-3-9-15-18/h1-20H,21H2;1-15H/q+1;-1. The average Bonchev–Trinajstić information content (AvgIpc) is 3.28. The lowest BCUT2D eigenvalue weighted by Gasteiger charge is -2.44. The molecule has 8 aromatic rings. The minimum atomic E-state index is -2.72. The summed E-state index contributed by atoms with van der Waals surface area (Å²) in [5.74, 6) is -9.76. The maximum atomic E-state index is 15.2. The molecule has 0 nitrogen and oxygen atoms in total. The first-order chi connectivity index (χ1) is 27.4. The molecule has 0 bridgehead atoms. The van der Waals surface area contributed by atoms with Crippen molar-refractivity contribution in [3.8, 4) is 0 Å². The van der Waals surface area contributed by atoms with Crippen LogP contribution < -0.4 is 37.8 Å². The molecule has 276 valence electrons. The molecule has 0 aliphatic rings. The molecule has 0 heterocycles. The number of benzene rings is 8. The van der Waals surface area contributed by atoms with Crippen LogP contribution in [0.1, 0.15) is 5.56 Å². The van der Waals surface area contributed by atoms with Gasteiger partial charge in [-0.3, -0.25) is 0 Å². The van der Waals surface area contributed by atoms with Gasteiger partial charge in [0.05, 0.1) is 6.16 Å². The summed E-state index contributed by atoms with van der Waals surface area (Å²) < 4.78 is 73.0. The van der Waals surface area contributed by atoms with E-state index in [1.165, 1.54) is 21.5 Å². The predicted octanol–water partition coefficient (Wildman–Crippen LogP) is 8.94. The van der Waals surface area contributed by atoms with Crippen molar-refractivity contribution < 1.29 is 22.0 Å². The first kappa shape index (κ1) is 38.2. The second kappa shape index (κ2) is 17.1. The van der Waals surface area contributed by atoms with Gasteiger partial charge >= 0.3 is 0 Å². The van der Waals surface area contributed by atoms with Crippen LogP contribution in [0.2, 0.25) is 0 Å². The zero-order valence-corrected chi connectivity index (χ0v) is 31.2. The molecule has 0 fully saturated rings. The topological polar surface area (TPSA) is 0 Å². The summed E-state index contributed by atoms with van der Waals surface area (Å²) in [5.41, 5.74) is 1.82. The van der Waals surface area contributed by atoms with Crippen molar-refractivity contribution in [1.82, 2.24) is 0 Å². The second-order valence-corrected chi connectivity index (χ2v) is 17.0. The Kier molecular flexibility index (Phi) is 11.7. The van der Waals surface area contributed by atoms with E-state index in [0.29, 0.717) is 16.4 Å². The highest BCUT2D eigenvalue weighted by atomic mass is 31.2. The Morgan fingerprint density at radius 1 is 0.304 bits per heavy atom. The molecule has 0 aliphatic carbocycles. The van der Waals surface area contributed by atoms with Crippen LogP contribution in [-0.4, -0.2) is 6.15 Å². The second-order valence-electron chi connectivity index (χ2n) is 13.5. The molecule has 0 saturated carbocycles. The summed E-state index contributed by atoms with van der Waals surface area (Å²) in [6, 6.07) is 69.0. The van der Waals surface area contributed by atoms with E-state index >= 15 is 8.78 Å². The van der Waals surface area contributed by atoms with E-state index in [4.69, 9.17) is 0 Å². The third-order valence-corrected chi connectivity index (χ3v) is 14.8. The molecule has 0 N–H and O–H groups in total. The van der Waals surface area contributed by atoms with E-state index in [1.807, 2.05) is 0 Å². The largest absolute Gasteiger partial charge is 0.207 e. The van der Waals surface area contributed by atoms with E-state index in [1.54, 1.807) is 91.0 Å². The van der Waals surface area contributed by atoms with Crippen LogP contribution in [0.4, 0.5) is 22.0 Å². The Morgan fingerprint density at radius 3 is 0.857 bits per heavy atom. The van der Waals surface area contributed by atoms with Crippen LogP contribution in [0.5, 0.6) is 0 Å². The van der Waals surface area contributed by atoms with Gasteiger partial charge in [0.1, 0.15) is 41.0 Å². The maximum Gasteiger partial charge on any atom is 0.200 e. The Hall–Kier alpha value is -6.10. The summed E-state index contributed by atoms with van der Waals surface area (Å²) in [6.07, 6.45) is -1.68. The average molecular weight is 763 g/mol. The Bertz CT molecular complexity index is 2250. The third kappa shape index (κ3) is 7.21. The fourth-order valence-electron chi connectivity index (χ4n) is 7.93. The van der Waals surface area contributed by atoms with E-state index in [2.05, 4.69) is 121 Å². The van der Waals surface area contributed by atoms with Gasteiger partial charge in [-0.2, -0.15) is 16.4 Å². The zero-order valence-electron chi connectivity index (χ0n) is 30.3. The van der Waals surface area contributed by atoms with Crippen LogP contribution in [-0.2, 0) is 6.16 Å². The van der Waals surface area contributed by atoms with Crippen molar-refractivity contribution in [2.75, 3.05) is 0 Å². The molecule has 0 aliphatic heterocycles. The highest BCUT2D eigenvalue weighted by molar-refractivity contribution is 7.95. The SMILES string of the molecule is Fc1c(F)c(F)c([B-](c2ccccc2)(c2ccccc2)c2ccccc2)c(F)c1F.c1ccc(C[P+](c2ccccc2)(c2ccccc2)c2ccccc2)cc1. The lowest BCUT2D eigenvalue weighted by molar-refractivity contribution is 0.384. The molecule has 56 heavy (non-hydrogen) atoms. The van der Waals surface area contributed by atoms with Crippen molar-refractivity contribution in [3.63, 3.8) is 0 Å². The fraction of sp³-hybridized carbons (Fsp3) is 0.0204. The van der Waals surface area contributed by atoms with Gasteiger partial charge < -0.3 is 0 Å². The van der Waals surface area contributed by atoms with Crippen LogP contribution in [0.25, 0.3) is 0 Å². The van der Waals surface area contributed by atoms with Gasteiger partial charge in [0.25, 0.3) is 0 Å². The fourth-order valence-corrected chi connectivity index (χ4v) is 12.2. The zero-order chi connectivity index (χ0) is 39.0. The number of hydrogen-bond donors (Lipinski definition) is 0. The van der Waals surface area contributed by atoms with Crippen molar-refractivity contribution in [1.29, 1.82) is 0 Å². The number of halogens is 5. The minimum Gasteiger partial charge on any atom is -0.207 e. The van der Waals surface area contributed by atoms with E-state index < -0.39 is 48.0 Å². The highest BCUT2D eigenvalue weighted by Gasteiger charge is 2.45. The van der Waals surface area contributed by atoms with E-state index in [9.17, 15) is 13.2 Å². The molecule has 0 spiro atoms. The first-order valence-corrected chi connectivity index (χ1v) is 20.3. The molecule has 7 heteroatoms. The molecule has 0 radical (unpaired) electrons. The summed E-state index contributed by atoms with van der Waals surface area (Å²) in [5, 5.41) is 4.30. The summed E-state index contributed by atoms with van der Waals surface area (Å²) in [4.78, 5) is 0. The minimum absolute atomic E-state index is 0.429. The molecular formula is C49H37BF5P. The number of rotatable bonds is 9. The molecule has 8 rings (SSSR count). The number of hydrogen-bond acceptors (Lipinski definition) is 0. The molecule has 0 aromatic heterocycles. The Morgan fingerprint density at radius 2 is 0.554 bits per heavy atom. The van der Waals surface area contributed by atoms with Gasteiger partial charge in [0.2, 0.25) is 0 Å². The lowest BCUT2D eigenvalue weighted by Crippen LogP contribution is -2.76. The maximum absolute atomic E-state index is 15.2. The van der Waals surface area contributed by atoms with Gasteiger partial charge in [-0.25, -0.2) is 22.0 Å². The highest BCUT2D eigenvalue weighted by Crippen LogP contribution is 2.58. The van der Waals surface area contributed by atoms with Crippen LogP contribution in [0.15, 0.2) is 212 Å². The Balaban J connectivity index is 0.000000173. The van der Waals surface area contributed by atoms with Crippen molar-refractivity contribution in [2.45, 2.75) is 6.16 Å². The molecule has 0 saturated heterocycles. The quantitative estimate of drug-likeness (QED) is 0.0453. The molecule has 8 aromatic carbocycles.